The standard InChI is InChI=1S/C25H33N3O5/c1-3-33-25(32)19-4-6-20(7-5-19)28-22(29)16-21(24(28)31)26-14-10-18(11-15-26)23(30)27-12-8-17(2)9-13-27/h4-7,17-18,21H,3,8-16H2,1-2H3/t21-/m0/s1. The van der Waals surface area contributed by atoms with Gasteiger partial charge in [0.15, 0.2) is 0 Å². The predicted octanol–water partition coefficient (Wildman–Crippen LogP) is 2.47. The molecule has 3 aliphatic heterocycles. The van der Waals surface area contributed by atoms with Crippen LogP contribution in [0.3, 0.4) is 0 Å². The van der Waals surface area contributed by atoms with Crippen LogP contribution in [0.25, 0.3) is 0 Å². The molecule has 3 fully saturated rings. The number of imide groups is 1. The Kier molecular flexibility index (Phi) is 7.12. The molecule has 0 radical (unpaired) electrons. The molecule has 0 aliphatic carbocycles. The number of esters is 1. The maximum absolute atomic E-state index is 13.1. The molecule has 4 rings (SSSR count). The van der Waals surface area contributed by atoms with Crippen molar-refractivity contribution in [3.8, 4) is 0 Å². The lowest BCUT2D eigenvalue weighted by Gasteiger charge is -2.38. The van der Waals surface area contributed by atoms with Crippen LogP contribution in [0, 0.1) is 11.8 Å². The third kappa shape index (κ3) is 4.95. The Morgan fingerprint density at radius 2 is 1.61 bits per heavy atom. The van der Waals surface area contributed by atoms with Crippen molar-refractivity contribution >= 4 is 29.4 Å². The molecule has 1 aromatic carbocycles. The molecule has 8 heteroatoms. The molecule has 0 N–H and O–H groups in total. The SMILES string of the molecule is CCOC(=O)c1ccc(N2C(=O)C[C@H](N3CCC(C(=O)N4CCC(C)CC4)CC3)C2=O)cc1. The molecule has 178 valence electrons. The van der Waals surface area contributed by atoms with Crippen molar-refractivity contribution in [3.63, 3.8) is 0 Å². The molecule has 0 bridgehead atoms. The van der Waals surface area contributed by atoms with Crippen molar-refractivity contribution in [1.29, 1.82) is 0 Å². The summed E-state index contributed by atoms with van der Waals surface area (Å²) in [7, 11) is 0. The van der Waals surface area contributed by atoms with Gasteiger partial charge in [-0.2, -0.15) is 0 Å². The number of piperidine rings is 2. The van der Waals surface area contributed by atoms with Crippen LogP contribution in [-0.4, -0.2) is 72.3 Å². The van der Waals surface area contributed by atoms with Gasteiger partial charge < -0.3 is 9.64 Å². The first-order valence-corrected chi connectivity index (χ1v) is 12.1. The molecule has 3 saturated heterocycles. The lowest BCUT2D eigenvalue weighted by Crippen LogP contribution is -2.49. The van der Waals surface area contributed by atoms with E-state index in [0.29, 0.717) is 30.3 Å². The maximum atomic E-state index is 13.1. The van der Waals surface area contributed by atoms with Crippen molar-refractivity contribution in [3.05, 3.63) is 29.8 Å². The summed E-state index contributed by atoms with van der Waals surface area (Å²) in [5, 5.41) is 0. The van der Waals surface area contributed by atoms with Crippen LogP contribution >= 0.6 is 0 Å². The minimum absolute atomic E-state index is 0.00777. The summed E-state index contributed by atoms with van der Waals surface area (Å²) in [6.45, 7) is 7.23. The average molecular weight is 456 g/mol. The van der Waals surface area contributed by atoms with Crippen LogP contribution in [-0.2, 0) is 19.1 Å². The number of rotatable bonds is 5. The molecule has 33 heavy (non-hydrogen) atoms. The van der Waals surface area contributed by atoms with Crippen molar-refractivity contribution in [2.45, 2.75) is 52.0 Å². The first-order valence-electron chi connectivity index (χ1n) is 12.1. The van der Waals surface area contributed by atoms with E-state index in [1.165, 1.54) is 4.90 Å². The van der Waals surface area contributed by atoms with Crippen LogP contribution in [0.4, 0.5) is 5.69 Å². The number of ether oxygens (including phenoxy) is 1. The van der Waals surface area contributed by atoms with Gasteiger partial charge in [0.2, 0.25) is 11.8 Å². The van der Waals surface area contributed by atoms with Gasteiger partial charge in [-0.1, -0.05) is 6.92 Å². The highest BCUT2D eigenvalue weighted by molar-refractivity contribution is 6.22. The highest BCUT2D eigenvalue weighted by atomic mass is 16.5. The van der Waals surface area contributed by atoms with E-state index in [2.05, 4.69) is 11.8 Å². The van der Waals surface area contributed by atoms with Gasteiger partial charge in [-0.15, -0.1) is 0 Å². The number of hydrogen-bond acceptors (Lipinski definition) is 6. The zero-order chi connectivity index (χ0) is 23.5. The largest absolute Gasteiger partial charge is 0.462 e. The van der Waals surface area contributed by atoms with E-state index in [9.17, 15) is 19.2 Å². The van der Waals surface area contributed by atoms with E-state index in [1.54, 1.807) is 31.2 Å². The Labute approximate surface area is 194 Å². The molecular formula is C25H33N3O5. The summed E-state index contributed by atoms with van der Waals surface area (Å²) in [6, 6.07) is 5.86. The number of nitrogens with zero attached hydrogens (tertiary/aromatic N) is 3. The van der Waals surface area contributed by atoms with Crippen molar-refractivity contribution in [2.24, 2.45) is 11.8 Å². The van der Waals surface area contributed by atoms with Gasteiger partial charge in [-0.25, -0.2) is 9.69 Å². The average Bonchev–Trinajstić information content (AvgIpc) is 3.13. The molecule has 0 spiro atoms. The van der Waals surface area contributed by atoms with Gasteiger partial charge in [0.25, 0.3) is 5.91 Å². The molecule has 0 unspecified atom stereocenters. The topological polar surface area (TPSA) is 87.2 Å². The van der Waals surface area contributed by atoms with E-state index >= 15 is 0 Å². The number of hydrogen-bond donors (Lipinski definition) is 0. The quantitative estimate of drug-likeness (QED) is 0.501. The van der Waals surface area contributed by atoms with Gasteiger partial charge in [0.1, 0.15) is 0 Å². The van der Waals surface area contributed by atoms with Gasteiger partial charge in [0, 0.05) is 19.0 Å². The fraction of sp³-hybridized carbons (Fsp3) is 0.600. The second-order valence-electron chi connectivity index (χ2n) is 9.37. The highest BCUT2D eigenvalue weighted by Crippen LogP contribution is 2.30. The number of likely N-dealkylation sites (tertiary alicyclic amines) is 2. The van der Waals surface area contributed by atoms with Gasteiger partial charge in [-0.05, 0) is 75.9 Å². The Morgan fingerprint density at radius 1 is 0.970 bits per heavy atom. The van der Waals surface area contributed by atoms with E-state index in [0.717, 1.165) is 38.8 Å². The molecule has 0 saturated carbocycles. The summed E-state index contributed by atoms with van der Waals surface area (Å²) in [4.78, 5) is 55.8. The second-order valence-corrected chi connectivity index (χ2v) is 9.37. The molecule has 3 amide bonds. The summed E-state index contributed by atoms with van der Waals surface area (Å²) < 4.78 is 4.98. The molecule has 1 atom stereocenters. The van der Waals surface area contributed by atoms with E-state index in [1.807, 2.05) is 4.90 Å². The molecule has 1 aromatic rings. The Hall–Kier alpha value is -2.74. The minimum Gasteiger partial charge on any atom is -0.462 e. The van der Waals surface area contributed by atoms with E-state index in [4.69, 9.17) is 4.74 Å². The Balaban J connectivity index is 1.34. The second kappa shape index (κ2) is 10.0. The number of amides is 3. The number of anilines is 1. The molecule has 3 aliphatic rings. The summed E-state index contributed by atoms with van der Waals surface area (Å²) in [5.74, 6) is 0.0314. The number of carbonyl (C=O) groups is 4. The first-order chi connectivity index (χ1) is 15.9. The van der Waals surface area contributed by atoms with Crippen LogP contribution in [0.2, 0.25) is 0 Å². The Morgan fingerprint density at radius 3 is 2.21 bits per heavy atom. The third-order valence-corrected chi connectivity index (χ3v) is 7.17. The normalized spacial score (nSPS) is 23.3. The maximum Gasteiger partial charge on any atom is 0.338 e. The zero-order valence-electron chi connectivity index (χ0n) is 19.5. The fourth-order valence-corrected chi connectivity index (χ4v) is 5.08. The van der Waals surface area contributed by atoms with Crippen molar-refractivity contribution in [1.82, 2.24) is 9.80 Å². The molecular weight excluding hydrogens is 422 g/mol. The smallest absolute Gasteiger partial charge is 0.338 e. The van der Waals surface area contributed by atoms with Gasteiger partial charge in [0.05, 0.1) is 30.3 Å². The monoisotopic (exact) mass is 455 g/mol. The highest BCUT2D eigenvalue weighted by Gasteiger charge is 2.44. The predicted molar refractivity (Wildman–Crippen MR) is 123 cm³/mol. The number of benzene rings is 1. The zero-order valence-corrected chi connectivity index (χ0v) is 19.5. The van der Waals surface area contributed by atoms with Crippen LogP contribution in [0.5, 0.6) is 0 Å². The number of carbonyl (C=O) groups excluding carboxylic acids is 4. The molecule has 3 heterocycles. The van der Waals surface area contributed by atoms with Crippen molar-refractivity contribution in [2.75, 3.05) is 37.7 Å². The van der Waals surface area contributed by atoms with Crippen LogP contribution in [0.1, 0.15) is 56.3 Å². The fourth-order valence-electron chi connectivity index (χ4n) is 5.08. The lowest BCUT2D eigenvalue weighted by molar-refractivity contribution is -0.138. The van der Waals surface area contributed by atoms with E-state index in [-0.39, 0.29) is 36.7 Å². The Bertz CT molecular complexity index is 899. The minimum atomic E-state index is -0.492. The van der Waals surface area contributed by atoms with Gasteiger partial charge >= 0.3 is 5.97 Å². The van der Waals surface area contributed by atoms with Crippen LogP contribution in [0.15, 0.2) is 24.3 Å². The summed E-state index contributed by atoms with van der Waals surface area (Å²) >= 11 is 0. The third-order valence-electron chi connectivity index (χ3n) is 7.17. The van der Waals surface area contributed by atoms with E-state index < -0.39 is 12.0 Å². The molecule has 8 nitrogen and oxygen atoms in total. The summed E-state index contributed by atoms with van der Waals surface area (Å²) in [5.41, 5.74) is 0.844. The molecule has 0 aromatic heterocycles. The lowest BCUT2D eigenvalue weighted by atomic mass is 9.92. The van der Waals surface area contributed by atoms with Gasteiger partial charge in [-0.3, -0.25) is 19.3 Å². The summed E-state index contributed by atoms with van der Waals surface area (Å²) in [6.07, 6.45) is 3.72. The van der Waals surface area contributed by atoms with Crippen LogP contribution < -0.4 is 4.90 Å². The first kappa shape index (κ1) is 23.4. The van der Waals surface area contributed by atoms with Crippen molar-refractivity contribution < 1.29 is 23.9 Å².